The first-order valence-electron chi connectivity index (χ1n) is 9.61. The minimum absolute atomic E-state index is 0.106. The van der Waals surface area contributed by atoms with E-state index in [-0.39, 0.29) is 29.7 Å². The van der Waals surface area contributed by atoms with Gasteiger partial charge in [-0.05, 0) is 76.5 Å². The van der Waals surface area contributed by atoms with Gasteiger partial charge in [0.1, 0.15) is 5.60 Å². The van der Waals surface area contributed by atoms with Gasteiger partial charge >= 0.3 is 12.1 Å². The molecule has 0 aromatic rings. The van der Waals surface area contributed by atoms with Crippen molar-refractivity contribution in [1.29, 1.82) is 0 Å². The lowest BCUT2D eigenvalue weighted by atomic mass is 9.54. The number of esters is 1. The molecule has 1 unspecified atom stereocenters. The third-order valence-electron chi connectivity index (χ3n) is 6.42. The number of nitrogens with zero attached hydrogens (tertiary/aromatic N) is 1. The van der Waals surface area contributed by atoms with Crippen LogP contribution in [0.25, 0.3) is 0 Å². The molecule has 1 atom stereocenters. The Hall–Kier alpha value is -1.26. The van der Waals surface area contributed by atoms with Gasteiger partial charge in [-0.2, -0.15) is 0 Å². The van der Waals surface area contributed by atoms with Crippen molar-refractivity contribution in [1.82, 2.24) is 4.90 Å². The fourth-order valence-electron chi connectivity index (χ4n) is 5.85. The Labute approximate surface area is 144 Å². The molecule has 0 spiro atoms. The minimum atomic E-state index is -0.211. The van der Waals surface area contributed by atoms with Crippen molar-refractivity contribution < 1.29 is 19.1 Å². The third-order valence-corrected chi connectivity index (χ3v) is 6.42. The van der Waals surface area contributed by atoms with Crippen molar-refractivity contribution in [3.63, 3.8) is 0 Å². The van der Waals surface area contributed by atoms with E-state index < -0.39 is 0 Å². The van der Waals surface area contributed by atoms with Crippen LogP contribution in [-0.4, -0.2) is 41.8 Å². The molecule has 1 amide bonds. The number of hydrogen-bond acceptors (Lipinski definition) is 4. The van der Waals surface area contributed by atoms with Crippen LogP contribution in [-0.2, 0) is 14.3 Å². The van der Waals surface area contributed by atoms with Crippen LogP contribution in [0.1, 0.15) is 58.8 Å². The maximum absolute atomic E-state index is 12.7. The zero-order valence-corrected chi connectivity index (χ0v) is 14.8. The van der Waals surface area contributed by atoms with Gasteiger partial charge in [-0.3, -0.25) is 4.79 Å². The van der Waals surface area contributed by atoms with Gasteiger partial charge in [0.15, 0.2) is 0 Å². The Morgan fingerprint density at radius 2 is 1.62 bits per heavy atom. The maximum atomic E-state index is 12.7. The van der Waals surface area contributed by atoms with Crippen molar-refractivity contribution in [2.45, 2.75) is 70.5 Å². The molecule has 1 heterocycles. The summed E-state index contributed by atoms with van der Waals surface area (Å²) in [7, 11) is 0. The Bertz CT molecular complexity index is 494. The van der Waals surface area contributed by atoms with E-state index >= 15 is 0 Å². The highest BCUT2D eigenvalue weighted by Crippen LogP contribution is 2.57. The quantitative estimate of drug-likeness (QED) is 0.742. The van der Waals surface area contributed by atoms with Crippen molar-refractivity contribution in [2.75, 3.05) is 13.1 Å². The molecule has 24 heavy (non-hydrogen) atoms. The summed E-state index contributed by atoms with van der Waals surface area (Å²) >= 11 is 0. The first kappa shape index (κ1) is 16.2. The molecule has 1 aliphatic heterocycles. The van der Waals surface area contributed by atoms with Crippen LogP contribution in [0, 0.1) is 23.7 Å². The summed E-state index contributed by atoms with van der Waals surface area (Å²) in [6, 6.07) is 0. The van der Waals surface area contributed by atoms with E-state index in [1.54, 1.807) is 4.90 Å². The number of amides is 1. The van der Waals surface area contributed by atoms with Gasteiger partial charge in [-0.1, -0.05) is 0 Å². The van der Waals surface area contributed by atoms with Crippen LogP contribution in [0.3, 0.4) is 0 Å². The molecule has 5 fully saturated rings. The van der Waals surface area contributed by atoms with Crippen LogP contribution >= 0.6 is 0 Å². The standard InChI is InChI=1S/C19H29NO4/c1-12(2)23-17(21)16-3-4-20(11-16)18(22)24-19-8-13-5-14(9-19)7-15(6-13)10-19/h12-16H,3-11H2,1-2H3. The molecular weight excluding hydrogens is 306 g/mol. The number of rotatable bonds is 3. The fourth-order valence-corrected chi connectivity index (χ4v) is 5.85. The third kappa shape index (κ3) is 3.02. The predicted octanol–water partition coefficient (Wildman–Crippen LogP) is 3.37. The smallest absolute Gasteiger partial charge is 0.410 e. The Morgan fingerprint density at radius 1 is 1.04 bits per heavy atom. The van der Waals surface area contributed by atoms with E-state index in [2.05, 4.69) is 0 Å². The normalized spacial score (nSPS) is 40.2. The number of likely N-dealkylation sites (tertiary alicyclic amines) is 1. The molecule has 4 saturated carbocycles. The maximum Gasteiger partial charge on any atom is 0.410 e. The summed E-state index contributed by atoms with van der Waals surface area (Å²) in [5.74, 6) is 1.90. The summed E-state index contributed by atoms with van der Waals surface area (Å²) < 4.78 is 11.4. The minimum Gasteiger partial charge on any atom is -0.463 e. The van der Waals surface area contributed by atoms with E-state index in [9.17, 15) is 9.59 Å². The van der Waals surface area contributed by atoms with E-state index in [1.165, 1.54) is 19.3 Å². The lowest BCUT2D eigenvalue weighted by molar-refractivity contribution is -0.151. The highest BCUT2D eigenvalue weighted by molar-refractivity contribution is 5.76. The Balaban J connectivity index is 1.35. The molecule has 0 aromatic heterocycles. The van der Waals surface area contributed by atoms with Gasteiger partial charge in [-0.15, -0.1) is 0 Å². The topological polar surface area (TPSA) is 55.8 Å². The van der Waals surface area contributed by atoms with Crippen LogP contribution in [0.5, 0.6) is 0 Å². The summed E-state index contributed by atoms with van der Waals surface area (Å²) in [5.41, 5.74) is -0.206. The lowest BCUT2D eigenvalue weighted by Crippen LogP contribution is -2.54. The SMILES string of the molecule is CC(C)OC(=O)C1CCN(C(=O)OC23CC4CC(CC(C4)C2)C3)C1. The second-order valence-electron chi connectivity index (χ2n) is 8.89. The van der Waals surface area contributed by atoms with Crippen molar-refractivity contribution in [3.05, 3.63) is 0 Å². The number of hydrogen-bond donors (Lipinski definition) is 0. The van der Waals surface area contributed by atoms with Gasteiger partial charge in [0.05, 0.1) is 12.0 Å². The molecule has 4 aliphatic carbocycles. The summed E-state index contributed by atoms with van der Waals surface area (Å²) in [6.07, 6.45) is 7.53. The molecule has 5 aliphatic rings. The number of carbonyl (C=O) groups excluding carboxylic acids is 2. The Kier molecular flexibility index (Phi) is 4.00. The van der Waals surface area contributed by atoms with E-state index in [4.69, 9.17) is 9.47 Å². The van der Waals surface area contributed by atoms with Crippen molar-refractivity contribution in [2.24, 2.45) is 23.7 Å². The van der Waals surface area contributed by atoms with Crippen LogP contribution in [0.2, 0.25) is 0 Å². The molecule has 0 aromatic carbocycles. The lowest BCUT2D eigenvalue weighted by Gasteiger charge is -2.55. The number of ether oxygens (including phenoxy) is 2. The molecule has 5 rings (SSSR count). The van der Waals surface area contributed by atoms with Gasteiger partial charge in [0, 0.05) is 13.1 Å². The second-order valence-corrected chi connectivity index (χ2v) is 8.89. The van der Waals surface area contributed by atoms with E-state index in [0.29, 0.717) is 19.5 Å². The highest BCUT2D eigenvalue weighted by Gasteiger charge is 2.53. The Morgan fingerprint density at radius 3 is 2.17 bits per heavy atom. The zero-order valence-electron chi connectivity index (χ0n) is 14.8. The zero-order chi connectivity index (χ0) is 16.9. The van der Waals surface area contributed by atoms with Crippen LogP contribution in [0.15, 0.2) is 0 Å². The van der Waals surface area contributed by atoms with Crippen molar-refractivity contribution >= 4 is 12.1 Å². The van der Waals surface area contributed by atoms with Gasteiger partial charge in [-0.25, -0.2) is 4.79 Å². The van der Waals surface area contributed by atoms with E-state index in [1.807, 2.05) is 13.8 Å². The first-order valence-corrected chi connectivity index (χ1v) is 9.61. The molecule has 0 radical (unpaired) electrons. The average molecular weight is 335 g/mol. The predicted molar refractivity (Wildman–Crippen MR) is 88.3 cm³/mol. The summed E-state index contributed by atoms with van der Waals surface area (Å²) in [5, 5.41) is 0. The van der Waals surface area contributed by atoms with Crippen LogP contribution < -0.4 is 0 Å². The molecule has 0 N–H and O–H groups in total. The monoisotopic (exact) mass is 335 g/mol. The molecular formula is C19H29NO4. The fraction of sp³-hybridized carbons (Fsp3) is 0.895. The average Bonchev–Trinajstić information content (AvgIpc) is 2.94. The van der Waals surface area contributed by atoms with Crippen molar-refractivity contribution in [3.8, 4) is 0 Å². The summed E-state index contributed by atoms with van der Waals surface area (Å²) in [6.45, 7) is 4.75. The molecule has 1 saturated heterocycles. The number of carbonyl (C=O) groups is 2. The van der Waals surface area contributed by atoms with Gasteiger partial charge in [0.2, 0.25) is 0 Å². The van der Waals surface area contributed by atoms with Gasteiger partial charge in [0.25, 0.3) is 0 Å². The van der Waals surface area contributed by atoms with Crippen LogP contribution in [0.4, 0.5) is 4.79 Å². The molecule has 134 valence electrons. The summed E-state index contributed by atoms with van der Waals surface area (Å²) in [4.78, 5) is 26.4. The molecule has 5 heteroatoms. The first-order chi connectivity index (χ1) is 11.4. The molecule has 4 bridgehead atoms. The largest absolute Gasteiger partial charge is 0.463 e. The van der Waals surface area contributed by atoms with Gasteiger partial charge < -0.3 is 14.4 Å². The second kappa shape index (κ2) is 5.92. The highest BCUT2D eigenvalue weighted by atomic mass is 16.6. The molecule has 5 nitrogen and oxygen atoms in total. The van der Waals surface area contributed by atoms with E-state index in [0.717, 1.165) is 37.0 Å².